The van der Waals surface area contributed by atoms with Gasteiger partial charge in [-0.05, 0) is 55.4 Å². The molecule has 0 radical (unpaired) electrons. The van der Waals surface area contributed by atoms with Gasteiger partial charge in [0, 0.05) is 17.7 Å². The fraction of sp³-hybridized carbons (Fsp3) is 0.385. The highest BCUT2D eigenvalue weighted by Crippen LogP contribution is 2.45. The number of hydrogen-bond donors (Lipinski definition) is 1. The molecule has 1 aliphatic heterocycles. The number of nitrogens with zero attached hydrogens (tertiary/aromatic N) is 1. The zero-order valence-corrected chi connectivity index (χ0v) is 18.8. The smallest absolute Gasteiger partial charge is 0.295 e. The second-order valence-electron chi connectivity index (χ2n) is 8.27. The second kappa shape index (κ2) is 9.07. The molecule has 0 bridgehead atoms. The van der Waals surface area contributed by atoms with Crippen molar-refractivity contribution in [2.75, 3.05) is 20.8 Å². The summed E-state index contributed by atoms with van der Waals surface area (Å²) in [6, 6.07) is 10.4. The SMILES string of the molecule is CCCN1C(=O)C(=O)/C(=C(/O)c2ccc3c(c2)CCCC3)C1c1cccc(OC)c1OC. The van der Waals surface area contributed by atoms with Gasteiger partial charge in [0.2, 0.25) is 0 Å². The van der Waals surface area contributed by atoms with Crippen molar-refractivity contribution in [3.05, 3.63) is 64.2 Å². The first-order valence-electron chi connectivity index (χ1n) is 11.1. The molecule has 1 heterocycles. The molecule has 2 aromatic carbocycles. The van der Waals surface area contributed by atoms with Gasteiger partial charge in [0.15, 0.2) is 11.5 Å². The first kappa shape index (κ1) is 21.9. The summed E-state index contributed by atoms with van der Waals surface area (Å²) >= 11 is 0. The number of Topliss-reactive ketones (excluding diaryl/α,β-unsaturated/α-hetero) is 1. The fourth-order valence-electron chi connectivity index (χ4n) is 4.84. The Bertz CT molecular complexity index is 1090. The molecule has 0 aromatic heterocycles. The monoisotopic (exact) mass is 435 g/mol. The lowest BCUT2D eigenvalue weighted by Crippen LogP contribution is -2.30. The molecule has 32 heavy (non-hydrogen) atoms. The number of para-hydroxylation sites is 1. The molecule has 168 valence electrons. The predicted octanol–water partition coefficient (Wildman–Crippen LogP) is 4.41. The van der Waals surface area contributed by atoms with E-state index in [-0.39, 0.29) is 11.3 Å². The van der Waals surface area contributed by atoms with Crippen molar-refractivity contribution in [3.63, 3.8) is 0 Å². The molecule has 1 fully saturated rings. The van der Waals surface area contributed by atoms with Gasteiger partial charge in [-0.1, -0.05) is 31.2 Å². The van der Waals surface area contributed by atoms with E-state index in [0.717, 1.165) is 25.7 Å². The molecule has 4 rings (SSSR count). The summed E-state index contributed by atoms with van der Waals surface area (Å²) in [5.41, 5.74) is 3.74. The number of aliphatic hydroxyl groups is 1. The normalized spacial score (nSPS) is 19.7. The molecular formula is C26H29NO5. The van der Waals surface area contributed by atoms with E-state index < -0.39 is 17.7 Å². The summed E-state index contributed by atoms with van der Waals surface area (Å²) in [6.07, 6.45) is 4.93. The summed E-state index contributed by atoms with van der Waals surface area (Å²) in [6.45, 7) is 2.33. The number of carbonyl (C=O) groups excluding carboxylic acids is 2. The van der Waals surface area contributed by atoms with Crippen LogP contribution in [0, 0.1) is 0 Å². The minimum atomic E-state index is -0.754. The average molecular weight is 436 g/mol. The quantitative estimate of drug-likeness (QED) is 0.413. The number of aryl methyl sites for hydroxylation is 2. The lowest BCUT2D eigenvalue weighted by molar-refractivity contribution is -0.139. The van der Waals surface area contributed by atoms with E-state index in [1.165, 1.54) is 30.2 Å². The Morgan fingerprint density at radius 1 is 1.06 bits per heavy atom. The second-order valence-corrected chi connectivity index (χ2v) is 8.27. The first-order chi connectivity index (χ1) is 15.5. The topological polar surface area (TPSA) is 76.1 Å². The lowest BCUT2D eigenvalue weighted by Gasteiger charge is -2.27. The van der Waals surface area contributed by atoms with Crippen LogP contribution in [-0.2, 0) is 22.4 Å². The van der Waals surface area contributed by atoms with Gasteiger partial charge in [-0.2, -0.15) is 0 Å². The van der Waals surface area contributed by atoms with Crippen LogP contribution in [0.25, 0.3) is 5.76 Å². The van der Waals surface area contributed by atoms with Crippen molar-refractivity contribution in [1.82, 2.24) is 4.90 Å². The van der Waals surface area contributed by atoms with Crippen molar-refractivity contribution in [1.29, 1.82) is 0 Å². The summed E-state index contributed by atoms with van der Waals surface area (Å²) in [4.78, 5) is 27.6. The summed E-state index contributed by atoms with van der Waals surface area (Å²) < 4.78 is 11.0. The third-order valence-electron chi connectivity index (χ3n) is 6.35. The van der Waals surface area contributed by atoms with Crippen LogP contribution in [-0.4, -0.2) is 42.5 Å². The Morgan fingerprint density at radius 3 is 2.50 bits per heavy atom. The number of likely N-dealkylation sites (tertiary alicyclic amines) is 1. The van der Waals surface area contributed by atoms with Crippen LogP contribution < -0.4 is 9.47 Å². The van der Waals surface area contributed by atoms with E-state index in [1.54, 1.807) is 18.2 Å². The molecule has 1 unspecified atom stereocenters. The van der Waals surface area contributed by atoms with Crippen molar-refractivity contribution in [2.24, 2.45) is 0 Å². The zero-order valence-electron chi connectivity index (χ0n) is 18.8. The molecule has 2 aliphatic rings. The van der Waals surface area contributed by atoms with E-state index in [9.17, 15) is 14.7 Å². The predicted molar refractivity (Wildman–Crippen MR) is 122 cm³/mol. The minimum absolute atomic E-state index is 0.0887. The third-order valence-corrected chi connectivity index (χ3v) is 6.35. The first-order valence-corrected chi connectivity index (χ1v) is 11.1. The largest absolute Gasteiger partial charge is 0.507 e. The Labute approximate surface area is 188 Å². The van der Waals surface area contributed by atoms with Gasteiger partial charge >= 0.3 is 0 Å². The molecular weight excluding hydrogens is 406 g/mol. The van der Waals surface area contributed by atoms with Crippen LogP contribution in [0.4, 0.5) is 0 Å². The number of hydrogen-bond acceptors (Lipinski definition) is 5. The lowest BCUT2D eigenvalue weighted by atomic mass is 9.88. The number of ether oxygens (including phenoxy) is 2. The van der Waals surface area contributed by atoms with Gasteiger partial charge < -0.3 is 19.5 Å². The average Bonchev–Trinajstić information content (AvgIpc) is 3.07. The number of amides is 1. The van der Waals surface area contributed by atoms with Crippen molar-refractivity contribution in [3.8, 4) is 11.5 Å². The number of fused-ring (bicyclic) bond motifs is 1. The number of benzene rings is 2. The van der Waals surface area contributed by atoms with Crippen LogP contribution in [0.5, 0.6) is 11.5 Å². The van der Waals surface area contributed by atoms with Crippen LogP contribution in [0.3, 0.4) is 0 Å². The Morgan fingerprint density at radius 2 is 1.81 bits per heavy atom. The number of aliphatic hydroxyl groups excluding tert-OH is 1. The van der Waals surface area contributed by atoms with Crippen molar-refractivity contribution < 1.29 is 24.2 Å². The molecule has 1 amide bonds. The van der Waals surface area contributed by atoms with Crippen LogP contribution in [0.1, 0.15) is 54.5 Å². The Kier molecular flexibility index (Phi) is 6.21. The molecule has 6 nitrogen and oxygen atoms in total. The maximum Gasteiger partial charge on any atom is 0.295 e. The molecule has 1 N–H and O–H groups in total. The van der Waals surface area contributed by atoms with Gasteiger partial charge in [-0.15, -0.1) is 0 Å². The summed E-state index contributed by atoms with van der Waals surface area (Å²) in [5.74, 6) is -0.491. The van der Waals surface area contributed by atoms with Crippen LogP contribution in [0.15, 0.2) is 42.0 Å². The molecule has 1 aliphatic carbocycles. The third kappa shape index (κ3) is 3.64. The number of ketones is 1. The maximum absolute atomic E-state index is 13.2. The van der Waals surface area contributed by atoms with E-state index >= 15 is 0 Å². The van der Waals surface area contributed by atoms with Crippen LogP contribution >= 0.6 is 0 Å². The molecule has 1 saturated heterocycles. The molecule has 6 heteroatoms. The summed E-state index contributed by atoms with van der Waals surface area (Å²) in [5, 5.41) is 11.3. The number of carbonyl (C=O) groups is 2. The number of rotatable bonds is 6. The van der Waals surface area contributed by atoms with Gasteiger partial charge in [-0.3, -0.25) is 9.59 Å². The van der Waals surface area contributed by atoms with E-state index in [2.05, 4.69) is 0 Å². The van der Waals surface area contributed by atoms with Gasteiger partial charge in [0.1, 0.15) is 5.76 Å². The molecule has 0 saturated carbocycles. The fourth-order valence-corrected chi connectivity index (χ4v) is 4.84. The number of methoxy groups -OCH3 is 2. The Hall–Kier alpha value is -3.28. The minimum Gasteiger partial charge on any atom is -0.507 e. The van der Waals surface area contributed by atoms with Crippen molar-refractivity contribution in [2.45, 2.75) is 45.1 Å². The van der Waals surface area contributed by atoms with Gasteiger partial charge in [0.05, 0.1) is 25.8 Å². The summed E-state index contributed by atoms with van der Waals surface area (Å²) in [7, 11) is 3.06. The maximum atomic E-state index is 13.2. The van der Waals surface area contributed by atoms with Crippen LogP contribution in [0.2, 0.25) is 0 Å². The Balaban J connectivity index is 1.91. The molecule has 1 atom stereocenters. The zero-order chi connectivity index (χ0) is 22.8. The van der Waals surface area contributed by atoms with E-state index in [4.69, 9.17) is 9.47 Å². The molecule has 0 spiro atoms. The highest BCUT2D eigenvalue weighted by molar-refractivity contribution is 6.46. The molecule has 2 aromatic rings. The van der Waals surface area contributed by atoms with Crippen molar-refractivity contribution >= 4 is 17.4 Å². The van der Waals surface area contributed by atoms with Gasteiger partial charge in [-0.25, -0.2) is 0 Å². The van der Waals surface area contributed by atoms with E-state index in [1.807, 2.05) is 25.1 Å². The van der Waals surface area contributed by atoms with E-state index in [0.29, 0.717) is 35.6 Å². The highest BCUT2D eigenvalue weighted by atomic mass is 16.5. The van der Waals surface area contributed by atoms with Gasteiger partial charge in [0.25, 0.3) is 11.7 Å². The standard InChI is InChI=1S/C26H29NO5/c1-4-14-27-22(19-10-7-11-20(31-2)25(19)32-3)21(24(29)26(27)30)23(28)18-13-12-16-8-5-6-9-17(16)15-18/h7,10-13,15,22,28H,4-6,8-9,14H2,1-3H3/b23-21+. The highest BCUT2D eigenvalue weighted by Gasteiger charge is 2.47.